The van der Waals surface area contributed by atoms with Crippen LogP contribution in [0.2, 0.25) is 0 Å². The lowest BCUT2D eigenvalue weighted by Crippen LogP contribution is -2.28. The fourth-order valence-electron chi connectivity index (χ4n) is 5.78. The first-order valence-corrected chi connectivity index (χ1v) is 14.9. The van der Waals surface area contributed by atoms with E-state index in [0.717, 1.165) is 69.1 Å². The van der Waals surface area contributed by atoms with Gasteiger partial charge in [-0.3, -0.25) is 4.79 Å². The fraction of sp³-hybridized carbons (Fsp3) is 0.294. The summed E-state index contributed by atoms with van der Waals surface area (Å²) >= 11 is 1.65. The van der Waals surface area contributed by atoms with E-state index in [0.29, 0.717) is 18.0 Å². The summed E-state index contributed by atoms with van der Waals surface area (Å²) in [6, 6.07) is 19.9. The maximum atomic E-state index is 13.7. The predicted molar refractivity (Wildman–Crippen MR) is 167 cm³/mol. The smallest absolute Gasteiger partial charge is 0.255 e. The second-order valence-corrected chi connectivity index (χ2v) is 12.8. The minimum atomic E-state index is -0.107. The van der Waals surface area contributed by atoms with Crippen LogP contribution < -0.4 is 10.1 Å². The van der Waals surface area contributed by atoms with Crippen LogP contribution in [-0.2, 0) is 19.4 Å². The molecule has 6 nitrogen and oxygen atoms in total. The van der Waals surface area contributed by atoms with Gasteiger partial charge in [0.1, 0.15) is 16.5 Å². The normalized spacial score (nSPS) is 15.4. The number of H-pyrrole nitrogens is 1. The number of para-hydroxylation sites is 1. The van der Waals surface area contributed by atoms with E-state index in [1.165, 1.54) is 4.88 Å². The standard InChI is InChI=1S/C34H35N3O3S/c1-34(2,3)22-15-16-25-28(18-22)41-33(29(25)32(38)35-19-23-12-9-17-40-23)36-20-26-24-13-8-14-27(39-4)31(24)37-30(26)21-10-6-5-7-11-21/h5-14,17,20,22,37H,15-16,18-19H2,1-4H3,(H,35,38)/t22-/m1/s1. The van der Waals surface area contributed by atoms with Gasteiger partial charge in [-0.1, -0.05) is 63.2 Å². The number of hydrogen-bond donors (Lipinski definition) is 2. The van der Waals surface area contributed by atoms with Crippen molar-refractivity contribution in [2.75, 3.05) is 7.11 Å². The Morgan fingerprint density at radius 3 is 2.71 bits per heavy atom. The van der Waals surface area contributed by atoms with Crippen molar-refractivity contribution < 1.29 is 13.9 Å². The lowest BCUT2D eigenvalue weighted by atomic mass is 9.72. The molecule has 0 saturated heterocycles. The van der Waals surface area contributed by atoms with E-state index in [4.69, 9.17) is 14.1 Å². The zero-order valence-corrected chi connectivity index (χ0v) is 24.7. The molecule has 5 aromatic rings. The van der Waals surface area contributed by atoms with Crippen LogP contribution >= 0.6 is 11.3 Å². The number of carbonyl (C=O) groups excluding carboxylic acids is 1. The topological polar surface area (TPSA) is 79.6 Å². The number of methoxy groups -OCH3 is 1. The van der Waals surface area contributed by atoms with E-state index >= 15 is 0 Å². The molecule has 0 bridgehead atoms. The van der Waals surface area contributed by atoms with E-state index in [2.05, 4.69) is 49.3 Å². The molecule has 1 amide bonds. The summed E-state index contributed by atoms with van der Waals surface area (Å²) in [5.41, 5.74) is 5.95. The first-order chi connectivity index (χ1) is 19.8. The average Bonchev–Trinajstić information content (AvgIpc) is 3.71. The fourth-order valence-corrected chi connectivity index (χ4v) is 7.04. The number of hydrogen-bond acceptors (Lipinski definition) is 5. The number of fused-ring (bicyclic) bond motifs is 2. The molecule has 0 unspecified atom stereocenters. The summed E-state index contributed by atoms with van der Waals surface area (Å²) in [6.07, 6.45) is 6.44. The zero-order chi connectivity index (χ0) is 28.6. The number of benzene rings is 2. The number of amides is 1. The third-order valence-corrected chi connectivity index (χ3v) is 9.29. The van der Waals surface area contributed by atoms with Crippen molar-refractivity contribution in [3.8, 4) is 17.0 Å². The lowest BCUT2D eigenvalue weighted by Gasteiger charge is -2.33. The van der Waals surface area contributed by atoms with E-state index in [1.807, 2.05) is 48.7 Å². The second-order valence-electron chi connectivity index (χ2n) is 11.7. The van der Waals surface area contributed by atoms with Crippen LogP contribution in [0.3, 0.4) is 0 Å². The van der Waals surface area contributed by atoms with Crippen LogP contribution in [0.1, 0.15) is 59.3 Å². The van der Waals surface area contributed by atoms with Gasteiger partial charge in [-0.25, -0.2) is 4.99 Å². The largest absolute Gasteiger partial charge is 0.495 e. The van der Waals surface area contributed by atoms with E-state index in [9.17, 15) is 4.79 Å². The Morgan fingerprint density at radius 2 is 1.98 bits per heavy atom. The second kappa shape index (κ2) is 11.1. The molecule has 7 heteroatoms. The van der Waals surface area contributed by atoms with Gasteiger partial charge in [0, 0.05) is 22.0 Å². The Morgan fingerprint density at radius 1 is 1.15 bits per heavy atom. The minimum absolute atomic E-state index is 0.107. The molecule has 210 valence electrons. The van der Waals surface area contributed by atoms with Crippen molar-refractivity contribution in [3.63, 3.8) is 0 Å². The number of aromatic nitrogens is 1. The number of nitrogens with zero attached hydrogens (tertiary/aromatic N) is 1. The molecule has 0 spiro atoms. The molecule has 6 rings (SSSR count). The highest BCUT2D eigenvalue weighted by Gasteiger charge is 2.33. The first-order valence-electron chi connectivity index (χ1n) is 14.1. The van der Waals surface area contributed by atoms with Gasteiger partial charge in [-0.15, -0.1) is 11.3 Å². The molecule has 3 aromatic heterocycles. The number of ether oxygens (including phenoxy) is 1. The molecule has 0 saturated carbocycles. The highest BCUT2D eigenvalue weighted by Crippen LogP contribution is 2.45. The van der Waals surface area contributed by atoms with Gasteiger partial charge in [0.05, 0.1) is 36.7 Å². The van der Waals surface area contributed by atoms with Crippen LogP contribution in [0, 0.1) is 11.3 Å². The van der Waals surface area contributed by atoms with Gasteiger partial charge in [0.2, 0.25) is 0 Å². The summed E-state index contributed by atoms with van der Waals surface area (Å²) in [6.45, 7) is 7.26. The van der Waals surface area contributed by atoms with E-state index in [1.54, 1.807) is 24.7 Å². The number of carbonyl (C=O) groups is 1. The number of aromatic amines is 1. The monoisotopic (exact) mass is 565 g/mol. The number of furan rings is 1. The highest BCUT2D eigenvalue weighted by molar-refractivity contribution is 7.16. The zero-order valence-electron chi connectivity index (χ0n) is 23.9. The number of rotatable bonds is 7. The minimum Gasteiger partial charge on any atom is -0.495 e. The van der Waals surface area contributed by atoms with Crippen LogP contribution in [0.5, 0.6) is 5.75 Å². The van der Waals surface area contributed by atoms with Gasteiger partial charge in [-0.2, -0.15) is 0 Å². The summed E-state index contributed by atoms with van der Waals surface area (Å²) in [5.74, 6) is 1.96. The Bertz CT molecular complexity index is 1710. The number of nitrogens with one attached hydrogen (secondary N) is 2. The molecule has 0 radical (unpaired) electrons. The third-order valence-electron chi connectivity index (χ3n) is 8.13. The van der Waals surface area contributed by atoms with Crippen molar-refractivity contribution >= 4 is 39.4 Å². The van der Waals surface area contributed by atoms with Crippen molar-refractivity contribution in [1.82, 2.24) is 10.3 Å². The molecule has 1 aliphatic carbocycles. The van der Waals surface area contributed by atoms with Gasteiger partial charge < -0.3 is 19.5 Å². The quantitative estimate of drug-likeness (QED) is 0.195. The molecule has 1 aliphatic rings. The van der Waals surface area contributed by atoms with Crippen molar-refractivity contribution in [1.29, 1.82) is 0 Å². The highest BCUT2D eigenvalue weighted by atomic mass is 32.1. The molecular weight excluding hydrogens is 530 g/mol. The Labute approximate surface area is 244 Å². The van der Waals surface area contributed by atoms with Crippen LogP contribution in [0.25, 0.3) is 22.2 Å². The Kier molecular flexibility index (Phi) is 7.30. The van der Waals surface area contributed by atoms with Crippen molar-refractivity contribution in [3.05, 3.63) is 94.3 Å². The molecule has 0 fully saturated rings. The maximum Gasteiger partial charge on any atom is 0.255 e. The molecule has 0 aliphatic heterocycles. The summed E-state index contributed by atoms with van der Waals surface area (Å²) < 4.78 is 11.1. The predicted octanol–water partition coefficient (Wildman–Crippen LogP) is 8.33. The summed E-state index contributed by atoms with van der Waals surface area (Å²) in [7, 11) is 1.68. The van der Waals surface area contributed by atoms with Gasteiger partial charge >= 0.3 is 0 Å². The molecule has 2 N–H and O–H groups in total. The molecular formula is C34H35N3O3S. The van der Waals surface area contributed by atoms with E-state index in [-0.39, 0.29) is 11.3 Å². The van der Waals surface area contributed by atoms with Crippen LogP contribution in [0.4, 0.5) is 5.00 Å². The summed E-state index contributed by atoms with van der Waals surface area (Å²) in [4.78, 5) is 23.6. The van der Waals surface area contributed by atoms with Crippen molar-refractivity contribution in [2.45, 2.75) is 46.6 Å². The molecule has 2 aromatic carbocycles. The average molecular weight is 566 g/mol. The van der Waals surface area contributed by atoms with Crippen molar-refractivity contribution in [2.24, 2.45) is 16.3 Å². The summed E-state index contributed by atoms with van der Waals surface area (Å²) in [5, 5.41) is 4.84. The van der Waals surface area contributed by atoms with E-state index < -0.39 is 0 Å². The SMILES string of the molecule is COc1cccc2c(C=Nc3sc4c(c3C(=O)NCc3ccco3)CC[C@@H](C(C)(C)C)C4)c(-c3ccccc3)[nH]c12. The number of aliphatic imine (C=N–C) groups is 1. The molecule has 3 heterocycles. The number of thiophene rings is 1. The van der Waals surface area contributed by atoms with Crippen LogP contribution in [0.15, 0.2) is 76.3 Å². The van der Waals surface area contributed by atoms with Gasteiger partial charge in [0.25, 0.3) is 5.91 Å². The van der Waals surface area contributed by atoms with Gasteiger partial charge in [0.15, 0.2) is 0 Å². The molecule has 1 atom stereocenters. The van der Waals surface area contributed by atoms with Gasteiger partial charge in [-0.05, 0) is 59.9 Å². The Hall–Kier alpha value is -4.10. The maximum absolute atomic E-state index is 13.7. The lowest BCUT2D eigenvalue weighted by molar-refractivity contribution is 0.0947. The third kappa shape index (κ3) is 5.34. The van der Waals surface area contributed by atoms with Crippen LogP contribution in [-0.4, -0.2) is 24.2 Å². The molecule has 41 heavy (non-hydrogen) atoms. The Balaban J connectivity index is 1.44. The first kappa shape index (κ1) is 27.1.